The summed E-state index contributed by atoms with van der Waals surface area (Å²) < 4.78 is 0. The van der Waals surface area contributed by atoms with Gasteiger partial charge in [-0.3, -0.25) is 14.7 Å². The minimum absolute atomic E-state index is 0.152. The number of hydrogen-bond acceptors (Lipinski definition) is 4. The molecule has 2 amide bonds. The third-order valence-electron chi connectivity index (χ3n) is 5.89. The average molecular weight is 376 g/mol. The Labute approximate surface area is 158 Å². The van der Waals surface area contributed by atoms with Gasteiger partial charge < -0.3 is 15.3 Å². The molecule has 27 heavy (non-hydrogen) atoms. The first-order valence-electron chi connectivity index (χ1n) is 9.72. The number of aromatic nitrogens is 2. The number of likely N-dealkylation sites (tertiary alicyclic amines) is 1. The molecule has 2 heterocycles. The molecule has 0 unspecified atom stereocenters. The van der Waals surface area contributed by atoms with Crippen molar-refractivity contribution in [1.82, 2.24) is 20.4 Å². The van der Waals surface area contributed by atoms with Gasteiger partial charge in [-0.25, -0.2) is 4.79 Å². The monoisotopic (exact) mass is 376 g/mol. The number of hydrogen-bond donors (Lipinski definition) is 3. The maximum Gasteiger partial charge on any atom is 0.331 e. The van der Waals surface area contributed by atoms with Crippen LogP contribution in [0.1, 0.15) is 61.5 Å². The highest BCUT2D eigenvalue weighted by Gasteiger charge is 2.34. The molecule has 3 N–H and O–H groups in total. The van der Waals surface area contributed by atoms with Crippen LogP contribution in [0.15, 0.2) is 0 Å². The predicted molar refractivity (Wildman–Crippen MR) is 97.8 cm³/mol. The van der Waals surface area contributed by atoms with Gasteiger partial charge in [-0.1, -0.05) is 12.8 Å². The fourth-order valence-electron chi connectivity index (χ4n) is 4.30. The Morgan fingerprint density at radius 2 is 1.74 bits per heavy atom. The first-order valence-corrected chi connectivity index (χ1v) is 9.72. The number of amides is 2. The Hall–Kier alpha value is -2.38. The Kier molecular flexibility index (Phi) is 5.82. The zero-order valence-corrected chi connectivity index (χ0v) is 16.0. The normalized spacial score (nSPS) is 19.9. The molecule has 0 aromatic carbocycles. The average Bonchev–Trinajstić information content (AvgIpc) is 3.30. The maximum atomic E-state index is 12.7. The van der Waals surface area contributed by atoms with Crippen LogP contribution in [0.2, 0.25) is 0 Å². The molecule has 8 heteroatoms. The number of piperidine rings is 1. The standard InChI is InChI=1S/C19H28N4O4/c1-11-15(12(2)22-21-11)16(19(26)27)20-17(24)13-7-9-23(10-8-13)18(25)14-5-3-4-6-14/h13-14,16H,3-10H2,1-2H3,(H,20,24)(H,21,22)(H,26,27)/t16-/m0/s1. The van der Waals surface area contributed by atoms with E-state index in [2.05, 4.69) is 15.5 Å². The Bertz CT molecular complexity index is 696. The number of aliphatic carboxylic acids is 1. The molecular weight excluding hydrogens is 348 g/mol. The van der Waals surface area contributed by atoms with Gasteiger partial charge in [0.25, 0.3) is 0 Å². The van der Waals surface area contributed by atoms with Crippen molar-refractivity contribution < 1.29 is 19.5 Å². The van der Waals surface area contributed by atoms with E-state index in [-0.39, 0.29) is 23.7 Å². The molecular formula is C19H28N4O4. The molecule has 1 atom stereocenters. The summed E-state index contributed by atoms with van der Waals surface area (Å²) in [5, 5.41) is 19.0. The van der Waals surface area contributed by atoms with Crippen LogP contribution in [0.5, 0.6) is 0 Å². The zero-order chi connectivity index (χ0) is 19.6. The Morgan fingerprint density at radius 1 is 1.11 bits per heavy atom. The van der Waals surface area contributed by atoms with E-state index in [1.54, 1.807) is 13.8 Å². The number of aromatic amines is 1. The topological polar surface area (TPSA) is 115 Å². The second kappa shape index (κ2) is 8.10. The summed E-state index contributed by atoms with van der Waals surface area (Å²) in [4.78, 5) is 38.7. The molecule has 3 rings (SSSR count). The van der Waals surface area contributed by atoms with Crippen LogP contribution in [0, 0.1) is 25.7 Å². The van der Waals surface area contributed by atoms with Crippen molar-refractivity contribution >= 4 is 17.8 Å². The van der Waals surface area contributed by atoms with Crippen molar-refractivity contribution in [2.24, 2.45) is 11.8 Å². The van der Waals surface area contributed by atoms with Crippen molar-refractivity contribution in [2.75, 3.05) is 13.1 Å². The van der Waals surface area contributed by atoms with Gasteiger partial charge in [-0.15, -0.1) is 0 Å². The van der Waals surface area contributed by atoms with Crippen molar-refractivity contribution in [2.45, 2.75) is 58.4 Å². The van der Waals surface area contributed by atoms with Crippen LogP contribution in [0.4, 0.5) is 0 Å². The van der Waals surface area contributed by atoms with E-state index in [0.29, 0.717) is 42.9 Å². The Morgan fingerprint density at radius 3 is 2.26 bits per heavy atom. The lowest BCUT2D eigenvalue weighted by atomic mass is 9.93. The molecule has 1 aliphatic heterocycles. The number of carbonyl (C=O) groups is 3. The molecule has 1 aromatic heterocycles. The number of carboxylic acid groups (broad SMARTS) is 1. The third-order valence-corrected chi connectivity index (χ3v) is 5.89. The maximum absolute atomic E-state index is 12.7. The van der Waals surface area contributed by atoms with Crippen LogP contribution in [-0.2, 0) is 14.4 Å². The van der Waals surface area contributed by atoms with Crippen LogP contribution in [0.3, 0.4) is 0 Å². The fraction of sp³-hybridized carbons (Fsp3) is 0.684. The van der Waals surface area contributed by atoms with Gasteiger partial charge in [0, 0.05) is 36.2 Å². The van der Waals surface area contributed by atoms with Crippen molar-refractivity contribution in [3.05, 3.63) is 17.0 Å². The summed E-state index contributed by atoms with van der Waals surface area (Å²) >= 11 is 0. The number of aryl methyl sites for hydroxylation is 2. The van der Waals surface area contributed by atoms with Crippen molar-refractivity contribution in [3.63, 3.8) is 0 Å². The molecule has 8 nitrogen and oxygen atoms in total. The Balaban J connectivity index is 1.58. The second-order valence-corrected chi connectivity index (χ2v) is 7.71. The summed E-state index contributed by atoms with van der Waals surface area (Å²) in [6.07, 6.45) is 5.34. The van der Waals surface area contributed by atoms with Crippen molar-refractivity contribution in [1.29, 1.82) is 0 Å². The summed E-state index contributed by atoms with van der Waals surface area (Å²) in [6.45, 7) is 4.59. The van der Waals surface area contributed by atoms with Crippen molar-refractivity contribution in [3.8, 4) is 0 Å². The van der Waals surface area contributed by atoms with Gasteiger partial charge in [0.05, 0.1) is 5.69 Å². The molecule has 1 saturated carbocycles. The molecule has 1 aliphatic carbocycles. The highest BCUT2D eigenvalue weighted by atomic mass is 16.4. The smallest absolute Gasteiger partial charge is 0.331 e. The number of carbonyl (C=O) groups excluding carboxylic acids is 2. The van der Waals surface area contributed by atoms with E-state index in [4.69, 9.17) is 0 Å². The minimum atomic E-state index is -1.12. The van der Waals surface area contributed by atoms with E-state index in [1.807, 2.05) is 4.90 Å². The molecule has 2 fully saturated rings. The SMILES string of the molecule is Cc1n[nH]c(C)c1[C@H](NC(=O)C1CCN(C(=O)C2CCCC2)CC1)C(=O)O. The lowest BCUT2D eigenvalue weighted by Gasteiger charge is -2.33. The number of nitrogens with one attached hydrogen (secondary N) is 2. The quantitative estimate of drug-likeness (QED) is 0.723. The second-order valence-electron chi connectivity index (χ2n) is 7.71. The van der Waals surface area contributed by atoms with Crippen LogP contribution in [-0.4, -0.2) is 51.1 Å². The molecule has 0 radical (unpaired) electrons. The van der Waals surface area contributed by atoms with Crippen LogP contribution in [0.25, 0.3) is 0 Å². The molecule has 1 aromatic rings. The van der Waals surface area contributed by atoms with Gasteiger partial charge in [0.2, 0.25) is 11.8 Å². The fourth-order valence-corrected chi connectivity index (χ4v) is 4.30. The van der Waals surface area contributed by atoms with Gasteiger partial charge in [-0.2, -0.15) is 5.10 Å². The van der Waals surface area contributed by atoms with E-state index in [1.165, 1.54) is 0 Å². The lowest BCUT2D eigenvalue weighted by Crippen LogP contribution is -2.46. The summed E-state index contributed by atoms with van der Waals surface area (Å²) in [6, 6.07) is -1.12. The van der Waals surface area contributed by atoms with Gasteiger partial charge >= 0.3 is 5.97 Å². The highest BCUT2D eigenvalue weighted by molar-refractivity contribution is 5.86. The van der Waals surface area contributed by atoms with E-state index in [0.717, 1.165) is 25.7 Å². The predicted octanol–water partition coefficient (Wildman–Crippen LogP) is 1.70. The molecule has 1 saturated heterocycles. The van der Waals surface area contributed by atoms with E-state index < -0.39 is 12.0 Å². The number of nitrogens with zero attached hydrogens (tertiary/aromatic N) is 2. The first-order chi connectivity index (χ1) is 12.9. The third kappa shape index (κ3) is 4.14. The number of carboxylic acids is 1. The molecule has 148 valence electrons. The minimum Gasteiger partial charge on any atom is -0.479 e. The summed E-state index contributed by atoms with van der Waals surface area (Å²) in [5.41, 5.74) is 1.71. The zero-order valence-electron chi connectivity index (χ0n) is 16.0. The lowest BCUT2D eigenvalue weighted by molar-refractivity contribution is -0.143. The molecule has 0 bridgehead atoms. The van der Waals surface area contributed by atoms with Gasteiger partial charge in [0.15, 0.2) is 6.04 Å². The molecule has 0 spiro atoms. The van der Waals surface area contributed by atoms with Gasteiger partial charge in [-0.05, 0) is 39.5 Å². The van der Waals surface area contributed by atoms with E-state index in [9.17, 15) is 19.5 Å². The van der Waals surface area contributed by atoms with Crippen LogP contribution >= 0.6 is 0 Å². The highest BCUT2D eigenvalue weighted by Crippen LogP contribution is 2.29. The molecule has 2 aliphatic rings. The first kappa shape index (κ1) is 19.4. The van der Waals surface area contributed by atoms with Crippen LogP contribution < -0.4 is 5.32 Å². The largest absolute Gasteiger partial charge is 0.479 e. The van der Waals surface area contributed by atoms with Gasteiger partial charge in [0.1, 0.15) is 0 Å². The summed E-state index contributed by atoms with van der Waals surface area (Å²) in [7, 11) is 0. The van der Waals surface area contributed by atoms with E-state index >= 15 is 0 Å². The number of H-pyrrole nitrogens is 1. The summed E-state index contributed by atoms with van der Waals surface area (Å²) in [5.74, 6) is -1.27. The number of rotatable bonds is 5.